The predicted molar refractivity (Wildman–Crippen MR) is 34.6 cm³/mol. The Morgan fingerprint density at radius 2 is 2.50 bits per heavy atom. The minimum Gasteiger partial charge on any atom is -0.399 e. The van der Waals surface area contributed by atoms with Crippen LogP contribution in [0, 0.1) is 6.92 Å². The Morgan fingerprint density at radius 3 is 3.00 bits per heavy atom. The average molecular weight is 112 g/mol. The van der Waals surface area contributed by atoms with E-state index in [0.29, 0.717) is 0 Å². The molecular formula is C6H10NO. The SMILES string of the molecule is [CH2]CC=CC=NOC. The molecule has 0 spiro atoms. The first-order valence-electron chi connectivity index (χ1n) is 2.42. The molecule has 0 rings (SSSR count). The zero-order valence-electron chi connectivity index (χ0n) is 5.00. The Bertz CT molecular complexity index is 74.5. The summed E-state index contributed by atoms with van der Waals surface area (Å²) in [5.41, 5.74) is 0. The summed E-state index contributed by atoms with van der Waals surface area (Å²) in [6, 6.07) is 0. The molecule has 0 fully saturated rings. The van der Waals surface area contributed by atoms with Gasteiger partial charge in [-0.25, -0.2) is 0 Å². The van der Waals surface area contributed by atoms with Crippen molar-refractivity contribution >= 4 is 6.21 Å². The third-order valence-electron chi connectivity index (χ3n) is 0.555. The van der Waals surface area contributed by atoms with Crippen LogP contribution in [0.3, 0.4) is 0 Å². The van der Waals surface area contributed by atoms with Crippen molar-refractivity contribution in [3.8, 4) is 0 Å². The zero-order chi connectivity index (χ0) is 6.24. The Morgan fingerprint density at radius 1 is 1.75 bits per heavy atom. The number of hydrogen-bond donors (Lipinski definition) is 0. The molecule has 0 aromatic rings. The Labute approximate surface area is 49.8 Å². The van der Waals surface area contributed by atoms with Gasteiger partial charge in [0.2, 0.25) is 0 Å². The van der Waals surface area contributed by atoms with E-state index in [4.69, 9.17) is 0 Å². The van der Waals surface area contributed by atoms with Crippen molar-refractivity contribution < 1.29 is 4.84 Å². The van der Waals surface area contributed by atoms with Gasteiger partial charge in [0, 0.05) is 0 Å². The fourth-order valence-electron chi connectivity index (χ4n) is 0.253. The van der Waals surface area contributed by atoms with Crippen LogP contribution in [0.2, 0.25) is 0 Å². The second kappa shape index (κ2) is 6.21. The average Bonchev–Trinajstić information content (AvgIpc) is 1.81. The van der Waals surface area contributed by atoms with Gasteiger partial charge in [-0.05, 0) is 19.4 Å². The van der Waals surface area contributed by atoms with Crippen LogP contribution in [0.4, 0.5) is 0 Å². The van der Waals surface area contributed by atoms with E-state index in [9.17, 15) is 0 Å². The van der Waals surface area contributed by atoms with Crippen LogP contribution >= 0.6 is 0 Å². The maximum absolute atomic E-state index is 4.39. The van der Waals surface area contributed by atoms with Crippen LogP contribution in [0.25, 0.3) is 0 Å². The van der Waals surface area contributed by atoms with Crippen molar-refractivity contribution in [3.63, 3.8) is 0 Å². The lowest BCUT2D eigenvalue weighted by molar-refractivity contribution is 0.215. The van der Waals surface area contributed by atoms with Gasteiger partial charge in [0.25, 0.3) is 0 Å². The third-order valence-corrected chi connectivity index (χ3v) is 0.555. The molecule has 0 atom stereocenters. The Hall–Kier alpha value is -0.790. The maximum Gasteiger partial charge on any atom is 0.106 e. The van der Waals surface area contributed by atoms with Crippen LogP contribution in [0.1, 0.15) is 6.42 Å². The summed E-state index contributed by atoms with van der Waals surface area (Å²) in [6.45, 7) is 3.59. The normalized spacial score (nSPS) is 11.2. The fourth-order valence-corrected chi connectivity index (χ4v) is 0.253. The highest BCUT2D eigenvalue weighted by atomic mass is 16.6. The summed E-state index contributed by atoms with van der Waals surface area (Å²) in [4.78, 5) is 4.39. The molecule has 2 heteroatoms. The minimum absolute atomic E-state index is 0.787. The first-order valence-corrected chi connectivity index (χ1v) is 2.42. The monoisotopic (exact) mass is 112 g/mol. The van der Waals surface area contributed by atoms with Crippen molar-refractivity contribution in [2.24, 2.45) is 5.16 Å². The molecule has 0 saturated carbocycles. The fraction of sp³-hybridized carbons (Fsp3) is 0.333. The number of allylic oxidation sites excluding steroid dienone is 2. The van der Waals surface area contributed by atoms with E-state index in [0.717, 1.165) is 6.42 Å². The van der Waals surface area contributed by atoms with Gasteiger partial charge in [-0.3, -0.25) is 0 Å². The zero-order valence-corrected chi connectivity index (χ0v) is 5.00. The van der Waals surface area contributed by atoms with E-state index >= 15 is 0 Å². The molecule has 0 amide bonds. The Balaban J connectivity index is 3.13. The summed E-state index contributed by atoms with van der Waals surface area (Å²) >= 11 is 0. The van der Waals surface area contributed by atoms with Gasteiger partial charge in [0.1, 0.15) is 7.11 Å². The van der Waals surface area contributed by atoms with E-state index < -0.39 is 0 Å². The van der Waals surface area contributed by atoms with Gasteiger partial charge < -0.3 is 4.84 Å². The molecule has 0 bridgehead atoms. The molecule has 0 aliphatic rings. The molecule has 45 valence electrons. The van der Waals surface area contributed by atoms with Gasteiger partial charge in [0.05, 0.1) is 6.21 Å². The summed E-state index contributed by atoms with van der Waals surface area (Å²) < 4.78 is 0. The minimum atomic E-state index is 0.787. The lowest BCUT2D eigenvalue weighted by Crippen LogP contribution is -1.67. The largest absolute Gasteiger partial charge is 0.399 e. The third kappa shape index (κ3) is 5.21. The van der Waals surface area contributed by atoms with E-state index in [2.05, 4.69) is 16.9 Å². The first-order chi connectivity index (χ1) is 3.91. The second-order valence-corrected chi connectivity index (χ2v) is 1.15. The van der Waals surface area contributed by atoms with Gasteiger partial charge >= 0.3 is 0 Å². The number of oxime groups is 1. The summed E-state index contributed by atoms with van der Waals surface area (Å²) in [5, 5.41) is 3.47. The molecule has 8 heavy (non-hydrogen) atoms. The molecule has 0 heterocycles. The van der Waals surface area contributed by atoms with Crippen LogP contribution in [-0.4, -0.2) is 13.3 Å². The lowest BCUT2D eigenvalue weighted by atomic mass is 10.4. The van der Waals surface area contributed by atoms with Crippen LogP contribution < -0.4 is 0 Å². The molecule has 0 saturated heterocycles. The summed E-state index contributed by atoms with van der Waals surface area (Å²) in [5.74, 6) is 0. The van der Waals surface area contributed by atoms with Crippen LogP contribution in [0.15, 0.2) is 17.3 Å². The highest BCUT2D eigenvalue weighted by Gasteiger charge is 1.62. The van der Waals surface area contributed by atoms with Crippen molar-refractivity contribution in [2.75, 3.05) is 7.11 Å². The van der Waals surface area contributed by atoms with Gasteiger partial charge in [-0.2, -0.15) is 0 Å². The second-order valence-electron chi connectivity index (χ2n) is 1.15. The first kappa shape index (κ1) is 7.21. The quantitative estimate of drug-likeness (QED) is 0.399. The topological polar surface area (TPSA) is 21.6 Å². The van der Waals surface area contributed by atoms with Gasteiger partial charge in [-0.15, -0.1) is 0 Å². The molecule has 0 aromatic carbocycles. The maximum atomic E-state index is 4.39. The standard InChI is InChI=1S/C6H10NO/c1-3-4-5-6-7-8-2/h4-6H,1,3H2,2H3. The molecule has 0 aliphatic heterocycles. The molecule has 2 nitrogen and oxygen atoms in total. The number of hydrogen-bond acceptors (Lipinski definition) is 2. The van der Waals surface area contributed by atoms with E-state index in [1.54, 1.807) is 12.3 Å². The lowest BCUT2D eigenvalue weighted by Gasteiger charge is -1.78. The van der Waals surface area contributed by atoms with Gasteiger partial charge in [-0.1, -0.05) is 11.2 Å². The molecular weight excluding hydrogens is 102 g/mol. The van der Waals surface area contributed by atoms with Crippen molar-refractivity contribution in [1.29, 1.82) is 0 Å². The van der Waals surface area contributed by atoms with E-state index in [1.807, 2.05) is 6.08 Å². The molecule has 0 N–H and O–H groups in total. The van der Waals surface area contributed by atoms with E-state index in [-0.39, 0.29) is 0 Å². The van der Waals surface area contributed by atoms with Crippen LogP contribution in [-0.2, 0) is 4.84 Å². The Kier molecular flexibility index (Phi) is 5.60. The van der Waals surface area contributed by atoms with Crippen molar-refractivity contribution in [2.45, 2.75) is 6.42 Å². The highest BCUT2D eigenvalue weighted by molar-refractivity contribution is 5.70. The summed E-state index contributed by atoms with van der Waals surface area (Å²) in [6.07, 6.45) is 6.04. The molecule has 0 unspecified atom stereocenters. The smallest absolute Gasteiger partial charge is 0.106 e. The number of nitrogens with zero attached hydrogens (tertiary/aromatic N) is 1. The van der Waals surface area contributed by atoms with Crippen molar-refractivity contribution in [3.05, 3.63) is 19.1 Å². The molecule has 0 aromatic heterocycles. The van der Waals surface area contributed by atoms with Crippen molar-refractivity contribution in [1.82, 2.24) is 0 Å². The van der Waals surface area contributed by atoms with Gasteiger partial charge in [0.15, 0.2) is 0 Å². The van der Waals surface area contributed by atoms with E-state index in [1.165, 1.54) is 7.11 Å². The predicted octanol–water partition coefficient (Wildman–Crippen LogP) is 1.40. The molecule has 1 radical (unpaired) electrons. The highest BCUT2D eigenvalue weighted by Crippen LogP contribution is 1.74. The summed E-state index contributed by atoms with van der Waals surface area (Å²) in [7, 11) is 1.51. The number of rotatable bonds is 3. The molecule has 0 aliphatic carbocycles. The van der Waals surface area contributed by atoms with Crippen LogP contribution in [0.5, 0.6) is 0 Å².